The number of imidazole rings is 1. The fourth-order valence-electron chi connectivity index (χ4n) is 3.89. The van der Waals surface area contributed by atoms with Crippen molar-refractivity contribution in [3.63, 3.8) is 0 Å². The van der Waals surface area contributed by atoms with Gasteiger partial charge in [0.1, 0.15) is 22.6 Å². The van der Waals surface area contributed by atoms with E-state index in [4.69, 9.17) is 9.72 Å². The molecule has 164 valence electrons. The molecule has 4 heterocycles. The molecule has 4 aromatic rings. The number of carbonyl (C=O) groups excluding carboxylic acids is 1. The first-order chi connectivity index (χ1) is 15.5. The number of carbonyl (C=O) groups is 1. The van der Waals surface area contributed by atoms with Crippen LogP contribution in [0.1, 0.15) is 40.8 Å². The largest absolute Gasteiger partial charge is 0.371 e. The Morgan fingerprint density at radius 1 is 1.28 bits per heavy atom. The number of fused-ring (bicyclic) bond motifs is 1. The fourth-order valence-corrected chi connectivity index (χ4v) is 4.74. The van der Waals surface area contributed by atoms with Crippen LogP contribution in [0, 0.1) is 19.7 Å². The summed E-state index contributed by atoms with van der Waals surface area (Å²) in [5.74, 6) is -0.491. The Kier molecular flexibility index (Phi) is 5.44. The molecular weight excluding hydrogens is 429 g/mol. The van der Waals surface area contributed by atoms with Gasteiger partial charge in [0.15, 0.2) is 0 Å². The zero-order chi connectivity index (χ0) is 22.2. The molecule has 1 unspecified atom stereocenters. The van der Waals surface area contributed by atoms with Crippen LogP contribution in [0.15, 0.2) is 36.5 Å². The molecule has 1 aromatic carbocycles. The van der Waals surface area contributed by atoms with E-state index < -0.39 is 0 Å². The summed E-state index contributed by atoms with van der Waals surface area (Å²) in [6.07, 6.45) is 3.93. The number of ether oxygens (including phenoxy) is 1. The number of rotatable bonds is 5. The number of benzene rings is 1. The molecule has 0 aliphatic carbocycles. The Morgan fingerprint density at radius 2 is 2.16 bits per heavy atom. The highest BCUT2D eigenvalue weighted by Crippen LogP contribution is 2.32. The number of pyridine rings is 1. The van der Waals surface area contributed by atoms with Crippen molar-refractivity contribution < 1.29 is 13.9 Å². The maximum Gasteiger partial charge on any atom is 0.232 e. The van der Waals surface area contributed by atoms with Crippen LogP contribution in [0.4, 0.5) is 9.52 Å². The fraction of sp³-hybridized carbons (Fsp3) is 0.304. The molecule has 0 bridgehead atoms. The van der Waals surface area contributed by atoms with E-state index in [1.807, 2.05) is 29.7 Å². The molecule has 1 amide bonds. The quantitative estimate of drug-likeness (QED) is 0.478. The first kappa shape index (κ1) is 20.7. The van der Waals surface area contributed by atoms with Crippen LogP contribution in [0.5, 0.6) is 0 Å². The van der Waals surface area contributed by atoms with Gasteiger partial charge >= 0.3 is 0 Å². The number of nitrogens with zero attached hydrogens (tertiary/aromatic N) is 4. The predicted octanol–water partition coefficient (Wildman–Crippen LogP) is 4.64. The predicted molar refractivity (Wildman–Crippen MR) is 120 cm³/mol. The van der Waals surface area contributed by atoms with Gasteiger partial charge in [-0.2, -0.15) is 0 Å². The van der Waals surface area contributed by atoms with Crippen molar-refractivity contribution in [2.24, 2.45) is 0 Å². The van der Waals surface area contributed by atoms with E-state index >= 15 is 0 Å². The lowest BCUT2D eigenvalue weighted by molar-refractivity contribution is -0.115. The molecule has 1 aliphatic heterocycles. The third-order valence-electron chi connectivity index (χ3n) is 5.52. The Morgan fingerprint density at radius 3 is 2.94 bits per heavy atom. The van der Waals surface area contributed by atoms with E-state index in [0.29, 0.717) is 16.4 Å². The maximum absolute atomic E-state index is 13.8. The summed E-state index contributed by atoms with van der Waals surface area (Å²) in [5.41, 5.74) is 4.46. The lowest BCUT2D eigenvalue weighted by atomic mass is 10.1. The van der Waals surface area contributed by atoms with Crippen LogP contribution in [0.3, 0.4) is 0 Å². The smallest absolute Gasteiger partial charge is 0.232 e. The highest BCUT2D eigenvalue weighted by molar-refractivity contribution is 7.15. The van der Waals surface area contributed by atoms with Crippen LogP contribution in [0.2, 0.25) is 0 Å². The molecular formula is C23H22FN5O2S. The summed E-state index contributed by atoms with van der Waals surface area (Å²) in [4.78, 5) is 17.7. The van der Waals surface area contributed by atoms with E-state index in [1.54, 1.807) is 19.1 Å². The molecule has 9 heteroatoms. The van der Waals surface area contributed by atoms with E-state index in [0.717, 1.165) is 46.9 Å². The van der Waals surface area contributed by atoms with Gasteiger partial charge in [0.2, 0.25) is 11.0 Å². The molecule has 0 radical (unpaired) electrons. The summed E-state index contributed by atoms with van der Waals surface area (Å²) >= 11 is 1.34. The van der Waals surface area contributed by atoms with Gasteiger partial charge in [0.25, 0.3) is 0 Å². The van der Waals surface area contributed by atoms with Gasteiger partial charge in [-0.15, -0.1) is 10.2 Å². The second-order valence-corrected chi connectivity index (χ2v) is 8.99. The second kappa shape index (κ2) is 8.40. The molecule has 1 N–H and O–H groups in total. The Labute approximate surface area is 188 Å². The van der Waals surface area contributed by atoms with Gasteiger partial charge in [-0.1, -0.05) is 17.4 Å². The first-order valence-electron chi connectivity index (χ1n) is 10.5. The third-order valence-corrected chi connectivity index (χ3v) is 6.45. The maximum atomic E-state index is 13.8. The third kappa shape index (κ3) is 4.01. The Bertz CT molecular complexity index is 1310. The van der Waals surface area contributed by atoms with Gasteiger partial charge in [-0.3, -0.25) is 4.79 Å². The molecule has 1 atom stereocenters. The second-order valence-electron chi connectivity index (χ2n) is 7.98. The molecule has 1 fully saturated rings. The van der Waals surface area contributed by atoms with Crippen molar-refractivity contribution in [1.82, 2.24) is 19.6 Å². The van der Waals surface area contributed by atoms with Crippen LogP contribution in [0.25, 0.3) is 16.9 Å². The molecule has 7 nitrogen and oxygen atoms in total. The molecule has 32 heavy (non-hydrogen) atoms. The Hall–Kier alpha value is -3.17. The van der Waals surface area contributed by atoms with Crippen molar-refractivity contribution in [3.8, 4) is 11.3 Å². The number of hydrogen-bond donors (Lipinski definition) is 1. The van der Waals surface area contributed by atoms with Crippen LogP contribution >= 0.6 is 11.3 Å². The minimum absolute atomic E-state index is 0.0341. The van der Waals surface area contributed by atoms with E-state index in [2.05, 4.69) is 15.5 Å². The summed E-state index contributed by atoms with van der Waals surface area (Å²) < 4.78 is 21.4. The minimum atomic E-state index is -0.272. The lowest BCUT2D eigenvalue weighted by Crippen LogP contribution is -2.16. The van der Waals surface area contributed by atoms with Gasteiger partial charge in [-0.05, 0) is 62.1 Å². The van der Waals surface area contributed by atoms with E-state index in [1.165, 1.54) is 17.4 Å². The zero-order valence-corrected chi connectivity index (χ0v) is 18.6. The summed E-state index contributed by atoms with van der Waals surface area (Å²) in [6.45, 7) is 4.43. The lowest BCUT2D eigenvalue weighted by Gasteiger charge is -2.07. The van der Waals surface area contributed by atoms with Crippen molar-refractivity contribution in [2.75, 3.05) is 11.9 Å². The van der Waals surface area contributed by atoms with Crippen molar-refractivity contribution in [2.45, 2.75) is 39.2 Å². The van der Waals surface area contributed by atoms with Crippen LogP contribution in [-0.2, 0) is 16.0 Å². The number of halogens is 1. The SMILES string of the molecule is Cc1ccc2nc(-c3ccc(F)c(C)c3)c(CC(=O)Nc3nnc(C4CCCO4)s3)n2c1. The summed E-state index contributed by atoms with van der Waals surface area (Å²) in [7, 11) is 0. The summed E-state index contributed by atoms with van der Waals surface area (Å²) in [5, 5.41) is 12.4. The number of amides is 1. The standard InChI is InChI=1S/C23H22FN5O2S/c1-13-5-8-19-25-21(15-6-7-16(24)14(2)10-15)17(29(19)12-13)11-20(30)26-23-28-27-22(32-23)18-4-3-9-31-18/h5-8,10,12,18H,3-4,9,11H2,1-2H3,(H,26,28,30). The first-order valence-corrected chi connectivity index (χ1v) is 11.3. The molecule has 1 saturated heterocycles. The van der Waals surface area contributed by atoms with Crippen LogP contribution < -0.4 is 5.32 Å². The van der Waals surface area contributed by atoms with Gasteiger partial charge in [0, 0.05) is 18.4 Å². The number of anilines is 1. The van der Waals surface area contributed by atoms with Crippen molar-refractivity contribution in [1.29, 1.82) is 0 Å². The number of nitrogens with one attached hydrogen (secondary N) is 1. The van der Waals surface area contributed by atoms with Gasteiger partial charge in [-0.25, -0.2) is 9.37 Å². The van der Waals surface area contributed by atoms with Gasteiger partial charge in [0.05, 0.1) is 17.8 Å². The van der Waals surface area contributed by atoms with Gasteiger partial charge < -0.3 is 14.5 Å². The number of hydrogen-bond acceptors (Lipinski definition) is 6. The van der Waals surface area contributed by atoms with E-state index in [-0.39, 0.29) is 24.2 Å². The highest BCUT2D eigenvalue weighted by Gasteiger charge is 2.23. The molecule has 0 saturated carbocycles. The highest BCUT2D eigenvalue weighted by atomic mass is 32.1. The van der Waals surface area contributed by atoms with Crippen molar-refractivity contribution >= 4 is 28.0 Å². The average Bonchev–Trinajstić information content (AvgIpc) is 3.51. The zero-order valence-electron chi connectivity index (χ0n) is 17.8. The molecule has 1 aliphatic rings. The summed E-state index contributed by atoms with van der Waals surface area (Å²) in [6, 6.07) is 8.76. The number of aromatic nitrogens is 4. The molecule has 3 aromatic heterocycles. The van der Waals surface area contributed by atoms with Crippen molar-refractivity contribution in [3.05, 3.63) is 64.2 Å². The normalized spacial score (nSPS) is 16.0. The molecule has 5 rings (SSSR count). The minimum Gasteiger partial charge on any atom is -0.371 e. The monoisotopic (exact) mass is 451 g/mol. The van der Waals surface area contributed by atoms with Crippen LogP contribution in [-0.4, -0.2) is 32.1 Å². The average molecular weight is 452 g/mol. The Balaban J connectivity index is 1.45. The molecule has 0 spiro atoms. The topological polar surface area (TPSA) is 81.4 Å². The van der Waals surface area contributed by atoms with E-state index in [9.17, 15) is 9.18 Å². The number of aryl methyl sites for hydroxylation is 2.